The maximum Gasteiger partial charge on any atom is 0.270 e. The zero-order valence-electron chi connectivity index (χ0n) is 19.3. The lowest BCUT2D eigenvalue weighted by Gasteiger charge is -2.14. The van der Waals surface area contributed by atoms with Gasteiger partial charge in [-0.3, -0.25) is 9.59 Å². The molecule has 0 saturated heterocycles. The summed E-state index contributed by atoms with van der Waals surface area (Å²) in [6.45, 7) is 5.78. The van der Waals surface area contributed by atoms with Crippen LogP contribution in [0.1, 0.15) is 29.9 Å². The van der Waals surface area contributed by atoms with E-state index in [1.54, 1.807) is 12.1 Å². The van der Waals surface area contributed by atoms with Crippen molar-refractivity contribution in [1.29, 1.82) is 0 Å². The van der Waals surface area contributed by atoms with Gasteiger partial charge in [-0.1, -0.05) is 47.5 Å². The minimum absolute atomic E-state index is 0. The molecule has 0 saturated carbocycles. The summed E-state index contributed by atoms with van der Waals surface area (Å²) < 4.78 is 33.4. The van der Waals surface area contributed by atoms with Crippen molar-refractivity contribution in [3.05, 3.63) is 106 Å². The lowest BCUT2D eigenvalue weighted by atomic mass is 10.1. The van der Waals surface area contributed by atoms with Gasteiger partial charge in [0, 0.05) is 14.6 Å². The fourth-order valence-corrected chi connectivity index (χ4v) is 4.47. The SMILES string of the molecule is Cc1ccc(-c2ccc(C(=O)NS(=O)(=O)c3ccc[nH]c3=O)c(Oc3ccc(C)cc3C)n2)cc1.[HH].[HH]. The van der Waals surface area contributed by atoms with E-state index in [1.165, 1.54) is 18.3 Å². The topological polar surface area (TPSA) is 118 Å². The average Bonchev–Trinajstić information content (AvgIpc) is 2.81. The molecule has 8 nitrogen and oxygen atoms in total. The monoisotopic (exact) mass is 493 g/mol. The third-order valence-corrected chi connectivity index (χ3v) is 6.64. The summed E-state index contributed by atoms with van der Waals surface area (Å²) in [5, 5.41) is 0. The molecule has 2 N–H and O–H groups in total. The van der Waals surface area contributed by atoms with Gasteiger partial charge in [0.05, 0.1) is 5.69 Å². The van der Waals surface area contributed by atoms with Gasteiger partial charge in [0.1, 0.15) is 11.3 Å². The molecule has 0 spiro atoms. The van der Waals surface area contributed by atoms with E-state index in [4.69, 9.17) is 4.74 Å². The second kappa shape index (κ2) is 9.55. The minimum atomic E-state index is -4.44. The summed E-state index contributed by atoms with van der Waals surface area (Å²) >= 11 is 0. The molecule has 4 aromatic rings. The van der Waals surface area contributed by atoms with E-state index in [0.717, 1.165) is 28.3 Å². The molecular formula is C26H27N3O5S. The maximum atomic E-state index is 13.1. The van der Waals surface area contributed by atoms with Crippen LogP contribution in [0.25, 0.3) is 11.3 Å². The highest BCUT2D eigenvalue weighted by Crippen LogP contribution is 2.30. The first-order valence-corrected chi connectivity index (χ1v) is 12.2. The number of hydrogen-bond acceptors (Lipinski definition) is 6. The molecule has 0 unspecified atom stereocenters. The Bertz CT molecular complexity index is 1590. The van der Waals surface area contributed by atoms with Crippen molar-refractivity contribution in [2.45, 2.75) is 25.7 Å². The molecule has 35 heavy (non-hydrogen) atoms. The Hall–Kier alpha value is -4.24. The molecule has 0 aliphatic rings. The van der Waals surface area contributed by atoms with Crippen LogP contribution >= 0.6 is 0 Å². The van der Waals surface area contributed by atoms with Crippen LogP contribution in [-0.4, -0.2) is 24.3 Å². The molecule has 0 aliphatic heterocycles. The van der Waals surface area contributed by atoms with Crippen molar-refractivity contribution in [1.82, 2.24) is 14.7 Å². The fourth-order valence-electron chi connectivity index (χ4n) is 3.44. The van der Waals surface area contributed by atoms with E-state index in [1.807, 2.05) is 61.9 Å². The third kappa shape index (κ3) is 5.30. The molecule has 2 aromatic carbocycles. The number of nitrogens with zero attached hydrogens (tertiary/aromatic N) is 1. The molecule has 182 valence electrons. The Kier molecular flexibility index (Phi) is 6.52. The normalized spacial score (nSPS) is 11.2. The van der Waals surface area contributed by atoms with Gasteiger partial charge in [-0.25, -0.2) is 18.1 Å². The average molecular weight is 494 g/mol. The van der Waals surface area contributed by atoms with Crippen LogP contribution in [0.5, 0.6) is 11.6 Å². The van der Waals surface area contributed by atoms with Gasteiger partial charge in [0.25, 0.3) is 21.5 Å². The quantitative estimate of drug-likeness (QED) is 0.400. The zero-order chi connectivity index (χ0) is 25.2. The first-order valence-electron chi connectivity index (χ1n) is 10.7. The number of aromatic nitrogens is 2. The second-order valence-corrected chi connectivity index (χ2v) is 9.74. The van der Waals surface area contributed by atoms with Crippen LogP contribution in [-0.2, 0) is 10.0 Å². The molecule has 4 rings (SSSR count). The number of sulfonamides is 1. The van der Waals surface area contributed by atoms with Crippen molar-refractivity contribution in [2.24, 2.45) is 0 Å². The van der Waals surface area contributed by atoms with Crippen molar-refractivity contribution >= 4 is 15.9 Å². The highest BCUT2D eigenvalue weighted by molar-refractivity contribution is 7.90. The van der Waals surface area contributed by atoms with E-state index in [2.05, 4.69) is 9.97 Å². The lowest BCUT2D eigenvalue weighted by molar-refractivity contribution is 0.0978. The molecule has 9 heteroatoms. The minimum Gasteiger partial charge on any atom is -0.438 e. The molecule has 0 radical (unpaired) electrons. The van der Waals surface area contributed by atoms with Crippen LogP contribution < -0.4 is 15.0 Å². The number of hydrogen-bond donors (Lipinski definition) is 2. The van der Waals surface area contributed by atoms with Crippen LogP contribution in [0.15, 0.2) is 82.6 Å². The van der Waals surface area contributed by atoms with E-state index in [-0.39, 0.29) is 14.3 Å². The lowest BCUT2D eigenvalue weighted by Crippen LogP contribution is -2.34. The Balaban J connectivity index is 0.00000241. The molecule has 1 amide bonds. The van der Waals surface area contributed by atoms with Gasteiger partial charge in [-0.2, -0.15) is 0 Å². The van der Waals surface area contributed by atoms with Gasteiger partial charge in [-0.15, -0.1) is 0 Å². The van der Waals surface area contributed by atoms with E-state index < -0.39 is 26.4 Å². The number of ether oxygens (including phenoxy) is 1. The summed E-state index contributed by atoms with van der Waals surface area (Å²) in [5.41, 5.74) is 3.35. The Morgan fingerprint density at radius 2 is 1.69 bits per heavy atom. The fraction of sp³-hybridized carbons (Fsp3) is 0.115. The van der Waals surface area contributed by atoms with Crippen molar-refractivity contribution in [2.75, 3.05) is 0 Å². The molecule has 0 aliphatic carbocycles. The number of rotatable bonds is 6. The Morgan fingerprint density at radius 1 is 0.971 bits per heavy atom. The van der Waals surface area contributed by atoms with Gasteiger partial charge < -0.3 is 9.72 Å². The number of H-pyrrole nitrogens is 1. The number of carbonyl (C=O) groups is 1. The number of aromatic amines is 1. The predicted octanol–water partition coefficient (Wildman–Crippen LogP) is 4.77. The summed E-state index contributed by atoms with van der Waals surface area (Å²) in [7, 11) is -4.44. The van der Waals surface area contributed by atoms with Crippen molar-refractivity contribution < 1.29 is 20.8 Å². The molecular weight excluding hydrogens is 466 g/mol. The summed E-state index contributed by atoms with van der Waals surface area (Å²) in [6.07, 6.45) is 1.30. The molecule has 2 aromatic heterocycles. The first-order chi connectivity index (χ1) is 16.6. The molecule has 0 fully saturated rings. The zero-order valence-corrected chi connectivity index (χ0v) is 20.1. The first kappa shape index (κ1) is 23.9. The Labute approximate surface area is 205 Å². The predicted molar refractivity (Wildman–Crippen MR) is 136 cm³/mol. The number of nitrogens with one attached hydrogen (secondary N) is 2. The molecule has 2 heterocycles. The summed E-state index contributed by atoms with van der Waals surface area (Å²) in [6, 6.07) is 18.7. The number of amides is 1. The van der Waals surface area contributed by atoms with Crippen molar-refractivity contribution in [3.63, 3.8) is 0 Å². The Morgan fingerprint density at radius 3 is 2.37 bits per heavy atom. The number of carbonyl (C=O) groups excluding carboxylic acids is 1. The highest BCUT2D eigenvalue weighted by Gasteiger charge is 2.25. The van der Waals surface area contributed by atoms with Crippen LogP contribution in [0, 0.1) is 20.8 Å². The number of benzene rings is 2. The van der Waals surface area contributed by atoms with Gasteiger partial charge >= 0.3 is 0 Å². The number of aryl methyl sites for hydroxylation is 3. The molecule has 0 bridgehead atoms. The second-order valence-electron chi connectivity index (χ2n) is 8.08. The van der Waals surface area contributed by atoms with Crippen LogP contribution in [0.2, 0.25) is 0 Å². The van der Waals surface area contributed by atoms with Gasteiger partial charge in [0.2, 0.25) is 5.88 Å². The standard InChI is InChI=1S/C26H23N3O5S.2H2/c1-16-6-9-19(10-7-16)21-12-11-20(26(28-21)34-22-13-8-17(2)15-18(22)3)24(30)29-35(32,33)23-5-4-14-27-25(23)31;;/h4-15H,1-3H3,(H,27,31)(H,29,30);2*1H. The highest BCUT2D eigenvalue weighted by atomic mass is 32.2. The largest absolute Gasteiger partial charge is 0.438 e. The van der Waals surface area contributed by atoms with E-state index in [9.17, 15) is 18.0 Å². The van der Waals surface area contributed by atoms with Gasteiger partial charge in [0.15, 0.2) is 4.90 Å². The van der Waals surface area contributed by atoms with E-state index >= 15 is 0 Å². The number of pyridine rings is 2. The van der Waals surface area contributed by atoms with Gasteiger partial charge in [-0.05, 0) is 56.7 Å². The summed E-state index contributed by atoms with van der Waals surface area (Å²) in [4.78, 5) is 31.3. The molecule has 0 atom stereocenters. The van der Waals surface area contributed by atoms with Crippen LogP contribution in [0.3, 0.4) is 0 Å². The van der Waals surface area contributed by atoms with Crippen LogP contribution in [0.4, 0.5) is 0 Å². The maximum absolute atomic E-state index is 13.1. The van der Waals surface area contributed by atoms with Crippen molar-refractivity contribution in [3.8, 4) is 22.9 Å². The third-order valence-electron chi connectivity index (χ3n) is 5.29. The summed E-state index contributed by atoms with van der Waals surface area (Å²) in [5.74, 6) is -0.568. The smallest absolute Gasteiger partial charge is 0.270 e. The van der Waals surface area contributed by atoms with E-state index in [0.29, 0.717) is 11.4 Å².